The number of furan rings is 1. The van der Waals surface area contributed by atoms with E-state index in [9.17, 15) is 13.2 Å². The van der Waals surface area contributed by atoms with Crippen molar-refractivity contribution in [3.05, 3.63) is 53.5 Å². The van der Waals surface area contributed by atoms with E-state index in [0.29, 0.717) is 12.2 Å². The zero-order valence-electron chi connectivity index (χ0n) is 10.6. The molecule has 2 rings (SSSR count). The highest BCUT2D eigenvalue weighted by molar-refractivity contribution is 5.54. The minimum Gasteiger partial charge on any atom is -0.472 e. The largest absolute Gasteiger partial charge is 0.472 e. The van der Waals surface area contributed by atoms with Crippen LogP contribution in [0.2, 0.25) is 0 Å². The van der Waals surface area contributed by atoms with E-state index in [1.165, 1.54) is 24.7 Å². The molecule has 2 aromatic rings. The summed E-state index contributed by atoms with van der Waals surface area (Å²) in [6.07, 6.45) is -1.51. The molecule has 0 aliphatic rings. The molecule has 0 aliphatic carbocycles. The van der Waals surface area contributed by atoms with Crippen LogP contribution in [0.1, 0.15) is 16.7 Å². The van der Waals surface area contributed by atoms with Gasteiger partial charge in [0, 0.05) is 24.8 Å². The van der Waals surface area contributed by atoms with Gasteiger partial charge in [-0.2, -0.15) is 18.4 Å². The van der Waals surface area contributed by atoms with Crippen LogP contribution in [0.4, 0.5) is 18.9 Å². The Hall–Kier alpha value is -2.42. The van der Waals surface area contributed by atoms with Gasteiger partial charge in [-0.15, -0.1) is 0 Å². The molecule has 0 amide bonds. The van der Waals surface area contributed by atoms with Crippen LogP contribution in [0.5, 0.6) is 0 Å². The number of nitriles is 1. The molecular weight excluding hydrogens is 269 g/mol. The molecule has 1 aromatic heterocycles. The lowest BCUT2D eigenvalue weighted by atomic mass is 10.1. The molecule has 0 unspecified atom stereocenters. The van der Waals surface area contributed by atoms with Crippen LogP contribution in [0.15, 0.2) is 41.2 Å². The van der Waals surface area contributed by atoms with E-state index in [0.717, 1.165) is 11.6 Å². The Bertz CT molecular complexity index is 627. The maximum atomic E-state index is 12.9. The highest BCUT2D eigenvalue weighted by Crippen LogP contribution is 2.34. The Kier molecular flexibility index (Phi) is 3.70. The van der Waals surface area contributed by atoms with Crippen molar-refractivity contribution in [2.75, 3.05) is 11.9 Å². The van der Waals surface area contributed by atoms with Crippen LogP contribution in [-0.4, -0.2) is 7.05 Å². The number of hydrogen-bond acceptors (Lipinski definition) is 3. The van der Waals surface area contributed by atoms with Crippen molar-refractivity contribution in [1.29, 1.82) is 5.26 Å². The highest BCUT2D eigenvalue weighted by Gasteiger charge is 2.34. The van der Waals surface area contributed by atoms with Gasteiger partial charge in [-0.05, 0) is 24.3 Å². The fourth-order valence-corrected chi connectivity index (χ4v) is 1.85. The second kappa shape index (κ2) is 5.29. The summed E-state index contributed by atoms with van der Waals surface area (Å²) < 4.78 is 43.5. The number of hydrogen-bond donors (Lipinski definition) is 0. The second-order valence-electron chi connectivity index (χ2n) is 4.33. The van der Waals surface area contributed by atoms with Crippen LogP contribution >= 0.6 is 0 Å². The number of nitrogens with zero attached hydrogens (tertiary/aromatic N) is 2. The monoisotopic (exact) mass is 280 g/mol. The van der Waals surface area contributed by atoms with Crippen LogP contribution < -0.4 is 4.90 Å². The third-order valence-electron chi connectivity index (χ3n) is 2.87. The predicted octanol–water partition coefficient (Wildman–Crippen LogP) is 3.81. The van der Waals surface area contributed by atoms with E-state index in [4.69, 9.17) is 9.68 Å². The second-order valence-corrected chi connectivity index (χ2v) is 4.33. The molecule has 0 saturated carbocycles. The van der Waals surface area contributed by atoms with Gasteiger partial charge >= 0.3 is 6.18 Å². The molecule has 104 valence electrons. The van der Waals surface area contributed by atoms with E-state index in [1.807, 2.05) is 0 Å². The Morgan fingerprint density at radius 3 is 2.60 bits per heavy atom. The van der Waals surface area contributed by atoms with Crippen molar-refractivity contribution in [1.82, 2.24) is 0 Å². The molecule has 1 heterocycles. The van der Waals surface area contributed by atoms with Crippen molar-refractivity contribution in [2.45, 2.75) is 12.7 Å². The third kappa shape index (κ3) is 2.94. The molecular formula is C14H11F3N2O. The van der Waals surface area contributed by atoms with Gasteiger partial charge in [-0.25, -0.2) is 0 Å². The van der Waals surface area contributed by atoms with E-state index >= 15 is 0 Å². The van der Waals surface area contributed by atoms with Gasteiger partial charge in [0.15, 0.2) is 0 Å². The molecule has 0 aliphatic heterocycles. The first-order valence-corrected chi connectivity index (χ1v) is 5.75. The summed E-state index contributed by atoms with van der Waals surface area (Å²) in [6, 6.07) is 6.96. The summed E-state index contributed by atoms with van der Waals surface area (Å²) >= 11 is 0. The molecule has 0 atom stereocenters. The van der Waals surface area contributed by atoms with Gasteiger partial charge in [0.1, 0.15) is 0 Å². The van der Waals surface area contributed by atoms with E-state index in [1.54, 1.807) is 24.1 Å². The summed E-state index contributed by atoms with van der Waals surface area (Å²) in [4.78, 5) is 1.65. The molecule has 0 bridgehead atoms. The van der Waals surface area contributed by atoms with Crippen molar-refractivity contribution < 1.29 is 17.6 Å². The van der Waals surface area contributed by atoms with Gasteiger partial charge < -0.3 is 9.32 Å². The highest BCUT2D eigenvalue weighted by atomic mass is 19.4. The summed E-state index contributed by atoms with van der Waals surface area (Å²) in [6.45, 7) is 0.416. The summed E-state index contributed by atoms with van der Waals surface area (Å²) in [5.41, 5.74) is -0.0579. The number of benzene rings is 1. The third-order valence-corrected chi connectivity index (χ3v) is 2.87. The first-order chi connectivity index (χ1) is 9.41. The summed E-state index contributed by atoms with van der Waals surface area (Å²) in [5, 5.41) is 8.74. The smallest absolute Gasteiger partial charge is 0.417 e. The van der Waals surface area contributed by atoms with Crippen molar-refractivity contribution in [3.8, 4) is 6.07 Å². The minimum atomic E-state index is -4.54. The topological polar surface area (TPSA) is 40.2 Å². The molecule has 0 N–H and O–H groups in total. The maximum Gasteiger partial charge on any atom is 0.417 e. The summed E-state index contributed by atoms with van der Waals surface area (Å²) in [7, 11) is 1.68. The normalized spacial score (nSPS) is 11.2. The lowest BCUT2D eigenvalue weighted by Gasteiger charge is -2.20. The number of rotatable bonds is 3. The van der Waals surface area contributed by atoms with Gasteiger partial charge in [-0.3, -0.25) is 0 Å². The first-order valence-electron chi connectivity index (χ1n) is 5.75. The standard InChI is InChI=1S/C14H11F3N2O/c1-19(8-10-4-5-20-9-10)12-3-2-11(7-18)13(6-12)14(15,16)17/h2-6,9H,8H2,1H3. The minimum absolute atomic E-state index is 0.377. The zero-order chi connectivity index (χ0) is 14.8. The Morgan fingerprint density at radius 2 is 2.05 bits per heavy atom. The maximum absolute atomic E-state index is 12.9. The van der Waals surface area contributed by atoms with Gasteiger partial charge in [0.05, 0.1) is 29.7 Å². The molecule has 20 heavy (non-hydrogen) atoms. The first kappa shape index (κ1) is 14.0. The fourth-order valence-electron chi connectivity index (χ4n) is 1.85. The molecule has 0 saturated heterocycles. The lowest BCUT2D eigenvalue weighted by molar-refractivity contribution is -0.137. The van der Waals surface area contributed by atoms with Crippen LogP contribution in [0.3, 0.4) is 0 Å². The Balaban J connectivity index is 2.31. The number of alkyl halides is 3. The molecule has 6 heteroatoms. The summed E-state index contributed by atoms with van der Waals surface area (Å²) in [5.74, 6) is 0. The van der Waals surface area contributed by atoms with Gasteiger partial charge in [0.2, 0.25) is 0 Å². The van der Waals surface area contributed by atoms with Gasteiger partial charge in [-0.1, -0.05) is 0 Å². The average Bonchev–Trinajstić information content (AvgIpc) is 2.89. The zero-order valence-corrected chi connectivity index (χ0v) is 10.6. The molecule has 1 aromatic carbocycles. The molecule has 3 nitrogen and oxygen atoms in total. The van der Waals surface area contributed by atoms with Crippen LogP contribution in [0.25, 0.3) is 0 Å². The fraction of sp³-hybridized carbons (Fsp3) is 0.214. The van der Waals surface area contributed by atoms with Crippen molar-refractivity contribution >= 4 is 5.69 Å². The molecule has 0 fully saturated rings. The van der Waals surface area contributed by atoms with Crippen molar-refractivity contribution in [2.24, 2.45) is 0 Å². The Morgan fingerprint density at radius 1 is 1.30 bits per heavy atom. The molecule has 0 spiro atoms. The van der Waals surface area contributed by atoms with Crippen LogP contribution in [-0.2, 0) is 12.7 Å². The Labute approximate surface area is 113 Å². The van der Waals surface area contributed by atoms with E-state index < -0.39 is 11.7 Å². The van der Waals surface area contributed by atoms with E-state index in [2.05, 4.69) is 0 Å². The number of halogens is 3. The van der Waals surface area contributed by atoms with Gasteiger partial charge in [0.25, 0.3) is 0 Å². The van der Waals surface area contributed by atoms with E-state index in [-0.39, 0.29) is 5.56 Å². The van der Waals surface area contributed by atoms with Crippen LogP contribution in [0, 0.1) is 11.3 Å². The molecule has 0 radical (unpaired) electrons. The quantitative estimate of drug-likeness (QED) is 0.858. The van der Waals surface area contributed by atoms with Crippen molar-refractivity contribution in [3.63, 3.8) is 0 Å². The lowest BCUT2D eigenvalue weighted by Crippen LogP contribution is -2.17. The number of anilines is 1. The SMILES string of the molecule is CN(Cc1ccoc1)c1ccc(C#N)c(C(F)(F)F)c1. The predicted molar refractivity (Wildman–Crippen MR) is 67.0 cm³/mol. The average molecular weight is 280 g/mol.